The Labute approximate surface area is 287 Å². The summed E-state index contributed by atoms with van der Waals surface area (Å²) in [4.78, 5) is 44.5. The SMILES string of the molecule is C=C1CO[C@@H]2[C@@H](C)CN(C)[C@H](C)C[C@@](C)(OC1)[C@H](O[C@@H]1O[C@H](C)C[C@H](N(C)C)[C@H]1OC(C)=O)[C@@H](C)C(=O)[C@@H](C)C(=O)O[C@H](CC)[C@@]2(C)O. The summed E-state index contributed by atoms with van der Waals surface area (Å²) in [5, 5.41) is 12.0. The van der Waals surface area contributed by atoms with Crippen molar-refractivity contribution in [2.75, 3.05) is 40.9 Å². The first-order valence-corrected chi connectivity index (χ1v) is 17.5. The molecule has 48 heavy (non-hydrogen) atoms. The second-order valence-electron chi connectivity index (χ2n) is 15.2. The number of aliphatic hydroxyl groups is 1. The summed E-state index contributed by atoms with van der Waals surface area (Å²) in [6, 6.07) is -0.304. The molecule has 2 bridgehead atoms. The molecule has 4 saturated heterocycles. The van der Waals surface area contributed by atoms with Crippen LogP contribution in [0, 0.1) is 17.8 Å². The molecule has 0 radical (unpaired) electrons. The van der Waals surface area contributed by atoms with Gasteiger partial charge in [-0.25, -0.2) is 0 Å². The van der Waals surface area contributed by atoms with Gasteiger partial charge in [-0.1, -0.05) is 27.4 Å². The number of hydrogen-bond acceptors (Lipinski definition) is 12. The van der Waals surface area contributed by atoms with Crippen LogP contribution in [0.25, 0.3) is 0 Å². The van der Waals surface area contributed by atoms with E-state index in [0.717, 1.165) is 0 Å². The first-order chi connectivity index (χ1) is 22.2. The van der Waals surface area contributed by atoms with E-state index in [-0.39, 0.29) is 37.3 Å². The maximum absolute atomic E-state index is 14.3. The Hall–Kier alpha value is -1.93. The highest BCUT2D eigenvalue weighted by molar-refractivity contribution is 6.00. The van der Waals surface area contributed by atoms with E-state index in [1.807, 2.05) is 53.7 Å². The lowest BCUT2D eigenvalue weighted by Crippen LogP contribution is -2.60. The summed E-state index contributed by atoms with van der Waals surface area (Å²) < 4.78 is 38.1. The number of rotatable bonds is 5. The van der Waals surface area contributed by atoms with Gasteiger partial charge in [0.05, 0.1) is 43.2 Å². The van der Waals surface area contributed by atoms with Gasteiger partial charge in [0.1, 0.15) is 17.6 Å². The van der Waals surface area contributed by atoms with Crippen LogP contribution in [0.4, 0.5) is 0 Å². The molecule has 0 unspecified atom stereocenters. The summed E-state index contributed by atoms with van der Waals surface area (Å²) in [6.45, 7) is 20.9. The van der Waals surface area contributed by atoms with Gasteiger partial charge < -0.3 is 43.3 Å². The Kier molecular flexibility index (Phi) is 13.8. The van der Waals surface area contributed by atoms with Gasteiger partial charge in [-0.2, -0.15) is 0 Å². The third-order valence-electron chi connectivity index (χ3n) is 10.6. The van der Waals surface area contributed by atoms with Crippen molar-refractivity contribution < 1.29 is 47.9 Å². The molecule has 4 aliphatic heterocycles. The Morgan fingerprint density at radius 1 is 1.12 bits per heavy atom. The fraction of sp³-hybridized carbons (Fsp3) is 0.861. The van der Waals surface area contributed by atoms with Crippen LogP contribution in [-0.4, -0.2) is 134 Å². The van der Waals surface area contributed by atoms with Crippen LogP contribution >= 0.6 is 0 Å². The molecule has 0 aromatic rings. The smallest absolute Gasteiger partial charge is 0.316 e. The normalized spacial score (nSPS) is 43.0. The van der Waals surface area contributed by atoms with Gasteiger partial charge in [-0.15, -0.1) is 0 Å². The maximum atomic E-state index is 14.3. The van der Waals surface area contributed by atoms with Gasteiger partial charge in [0.15, 0.2) is 18.2 Å². The number of carbonyl (C=O) groups is 3. The van der Waals surface area contributed by atoms with E-state index < -0.39 is 71.5 Å². The van der Waals surface area contributed by atoms with Crippen LogP contribution in [0.2, 0.25) is 0 Å². The zero-order valence-corrected chi connectivity index (χ0v) is 31.3. The minimum absolute atomic E-state index is 0.0865. The summed E-state index contributed by atoms with van der Waals surface area (Å²) in [7, 11) is 5.83. The second kappa shape index (κ2) is 16.4. The number of ether oxygens (including phenoxy) is 6. The Balaban J connectivity index is 2.23. The van der Waals surface area contributed by atoms with Crippen molar-refractivity contribution in [3.05, 3.63) is 12.2 Å². The van der Waals surface area contributed by atoms with Gasteiger partial charge in [-0.3, -0.25) is 14.4 Å². The predicted molar refractivity (Wildman–Crippen MR) is 180 cm³/mol. The number of hydrogen-bond donors (Lipinski definition) is 1. The molecular weight excluding hydrogens is 620 g/mol. The number of carbonyl (C=O) groups excluding carboxylic acids is 3. The molecule has 0 aromatic heterocycles. The standard InChI is InChI=1S/C36H62N2O10/c1-14-28-36(10,42)31-21(3)17-38(13)22(4)16-35(9,44-19-20(2)18-43-31)32(24(6)29(40)25(7)33(41)47-28)48-34-30(46-26(8)39)27(37(11)12)15-23(5)45-34/h21-25,27-28,30-32,34,42H,2,14-19H2,1,3-13H3/t21-,22+,23+,24-,25+,27-,28+,30+,31+,32+,34-,35+,36+/m0/s1. The molecule has 12 nitrogen and oxygen atoms in total. The number of ketones is 1. The largest absolute Gasteiger partial charge is 0.459 e. The van der Waals surface area contributed by atoms with Gasteiger partial charge in [0.25, 0.3) is 0 Å². The lowest BCUT2D eigenvalue weighted by Gasteiger charge is -2.48. The van der Waals surface area contributed by atoms with Crippen LogP contribution in [-0.2, 0) is 42.8 Å². The molecule has 0 spiro atoms. The quantitative estimate of drug-likeness (QED) is 0.259. The molecule has 12 heteroatoms. The van der Waals surface area contributed by atoms with Gasteiger partial charge in [0.2, 0.25) is 0 Å². The summed E-state index contributed by atoms with van der Waals surface area (Å²) >= 11 is 0. The maximum Gasteiger partial charge on any atom is 0.316 e. The van der Waals surface area contributed by atoms with E-state index in [1.165, 1.54) is 13.8 Å². The molecular formula is C36H62N2O10. The fourth-order valence-corrected chi connectivity index (χ4v) is 7.75. The Morgan fingerprint density at radius 3 is 2.35 bits per heavy atom. The predicted octanol–water partition coefficient (Wildman–Crippen LogP) is 3.37. The molecule has 13 atom stereocenters. The minimum atomic E-state index is -1.57. The lowest BCUT2D eigenvalue weighted by atomic mass is 9.79. The van der Waals surface area contributed by atoms with E-state index in [1.54, 1.807) is 13.8 Å². The van der Waals surface area contributed by atoms with Crippen molar-refractivity contribution in [1.29, 1.82) is 0 Å². The van der Waals surface area contributed by atoms with Crippen LogP contribution in [0.1, 0.15) is 81.6 Å². The number of fused-ring (bicyclic) bond motifs is 15. The van der Waals surface area contributed by atoms with E-state index in [0.29, 0.717) is 31.4 Å². The van der Waals surface area contributed by atoms with Crippen LogP contribution < -0.4 is 0 Å². The number of Topliss-reactive ketones (excluding diaryl/α,β-unsaturated/α-hetero) is 1. The summed E-state index contributed by atoms with van der Waals surface area (Å²) in [5.74, 6) is -3.86. The highest BCUT2D eigenvalue weighted by atomic mass is 16.7. The molecule has 4 aliphatic rings. The van der Waals surface area contributed by atoms with E-state index in [4.69, 9.17) is 28.4 Å². The van der Waals surface area contributed by atoms with E-state index in [9.17, 15) is 19.5 Å². The Bertz CT molecular complexity index is 1150. The third-order valence-corrected chi connectivity index (χ3v) is 10.6. The van der Waals surface area contributed by atoms with Crippen molar-refractivity contribution in [2.45, 2.75) is 142 Å². The molecule has 0 aromatic carbocycles. The highest BCUT2D eigenvalue weighted by Gasteiger charge is 2.52. The average molecular weight is 683 g/mol. The zero-order valence-electron chi connectivity index (χ0n) is 31.3. The average Bonchev–Trinajstić information content (AvgIpc) is 2.99. The lowest BCUT2D eigenvalue weighted by molar-refractivity contribution is -0.299. The van der Waals surface area contributed by atoms with Crippen molar-refractivity contribution in [3.8, 4) is 0 Å². The van der Waals surface area contributed by atoms with Crippen molar-refractivity contribution in [3.63, 3.8) is 0 Å². The second-order valence-corrected chi connectivity index (χ2v) is 15.2. The monoisotopic (exact) mass is 682 g/mol. The van der Waals surface area contributed by atoms with Crippen molar-refractivity contribution >= 4 is 17.7 Å². The first-order valence-electron chi connectivity index (χ1n) is 17.5. The molecule has 4 rings (SSSR count). The summed E-state index contributed by atoms with van der Waals surface area (Å²) in [6.07, 6.45) is -3.33. The molecule has 276 valence electrons. The highest BCUT2D eigenvalue weighted by Crippen LogP contribution is 2.38. The number of likely N-dealkylation sites (N-methyl/N-ethyl adjacent to an activating group) is 1. The fourth-order valence-electron chi connectivity index (χ4n) is 7.75. The Morgan fingerprint density at radius 2 is 1.77 bits per heavy atom. The molecule has 0 amide bonds. The van der Waals surface area contributed by atoms with E-state index >= 15 is 0 Å². The molecule has 4 fully saturated rings. The van der Waals surface area contributed by atoms with Gasteiger partial charge in [0, 0.05) is 25.4 Å². The van der Waals surface area contributed by atoms with Crippen molar-refractivity contribution in [2.24, 2.45) is 17.8 Å². The number of esters is 2. The topological polar surface area (TPSA) is 133 Å². The third kappa shape index (κ3) is 9.24. The minimum Gasteiger partial charge on any atom is -0.459 e. The van der Waals surface area contributed by atoms with Gasteiger partial charge in [-0.05, 0) is 86.5 Å². The molecule has 0 aliphatic carbocycles. The zero-order chi connectivity index (χ0) is 36.3. The molecule has 1 N–H and O–H groups in total. The van der Waals surface area contributed by atoms with E-state index in [2.05, 4.69) is 18.4 Å². The summed E-state index contributed by atoms with van der Waals surface area (Å²) in [5.41, 5.74) is -2.06. The van der Waals surface area contributed by atoms with Gasteiger partial charge >= 0.3 is 11.9 Å². The van der Waals surface area contributed by atoms with Crippen molar-refractivity contribution in [1.82, 2.24) is 9.80 Å². The van der Waals surface area contributed by atoms with Crippen LogP contribution in [0.15, 0.2) is 12.2 Å². The molecule has 4 heterocycles. The first kappa shape index (κ1) is 40.5. The number of nitrogens with zero attached hydrogens (tertiary/aromatic N) is 2. The molecule has 0 saturated carbocycles. The van der Waals surface area contributed by atoms with Crippen LogP contribution in [0.3, 0.4) is 0 Å². The van der Waals surface area contributed by atoms with Crippen LogP contribution in [0.5, 0.6) is 0 Å².